The van der Waals surface area contributed by atoms with Gasteiger partial charge in [0.1, 0.15) is 33.5 Å². The molecule has 0 bridgehead atoms. The average Bonchev–Trinajstić information content (AvgIpc) is 1.48. The molecule has 0 N–H and O–H groups in total. The van der Waals surface area contributed by atoms with Crippen LogP contribution in [0.1, 0.15) is 184 Å². The number of fused-ring (bicyclic) bond motifs is 27. The molecule has 4 heteroatoms. The molecule has 654 valence electrons. The van der Waals surface area contributed by atoms with Gasteiger partial charge in [-0.3, -0.25) is 0 Å². The third kappa shape index (κ3) is 12.1. The summed E-state index contributed by atoms with van der Waals surface area (Å²) in [5.41, 5.74) is -27.1. The lowest BCUT2D eigenvalue weighted by Crippen LogP contribution is -2.16. The van der Waals surface area contributed by atoms with Crippen LogP contribution in [0.3, 0.4) is 0 Å². The van der Waals surface area contributed by atoms with Crippen molar-refractivity contribution in [2.75, 3.05) is 0 Å². The molecule has 3 aromatic heterocycles. The normalized spacial score (nSPS) is 22.7. The fourth-order valence-corrected chi connectivity index (χ4v) is 19.2. The van der Waals surface area contributed by atoms with E-state index in [-0.39, 0.29) is 22.3 Å². The van der Waals surface area contributed by atoms with Gasteiger partial charge in [-0.05, 0) is 310 Å². The minimum Gasteiger partial charge on any atom is -0.456 e. The van der Waals surface area contributed by atoms with Crippen LogP contribution in [0.2, 0.25) is 5.02 Å². The van der Waals surface area contributed by atoms with Crippen molar-refractivity contribution in [3.8, 4) is 100 Å². The van der Waals surface area contributed by atoms with E-state index in [1.807, 2.05) is 0 Å². The number of hydrogen-bond donors (Lipinski definition) is 0. The minimum absolute atomic E-state index is 0.00184. The summed E-state index contributed by atoms with van der Waals surface area (Å²) in [6.07, 6.45) is 0. The Kier molecular flexibility index (Phi) is 7.49. The van der Waals surface area contributed by atoms with Crippen molar-refractivity contribution < 1.29 is 123 Å². The first-order chi connectivity index (χ1) is 102. The number of halogens is 1. The smallest absolute Gasteiger partial charge is 0.136 e. The lowest BCUT2D eigenvalue weighted by atomic mass is 9.77. The summed E-state index contributed by atoms with van der Waals surface area (Å²) in [5, 5.41) is -15.2. The van der Waals surface area contributed by atoms with E-state index in [2.05, 4.69) is 0 Å². The van der Waals surface area contributed by atoms with E-state index in [1.165, 1.54) is 0 Å². The number of benzene rings is 24. The number of rotatable bonds is 6. The zero-order valence-corrected chi connectivity index (χ0v) is 71.4. The molecule has 1 unspecified atom stereocenters. The molecule has 139 heavy (non-hydrogen) atoms. The highest BCUT2D eigenvalue weighted by molar-refractivity contribution is 6.42. The van der Waals surface area contributed by atoms with Crippen LogP contribution in [0.25, 0.3) is 263 Å². The molecule has 3 nitrogen and oxygen atoms in total. The van der Waals surface area contributed by atoms with Crippen molar-refractivity contribution >= 4 is 174 Å². The highest BCUT2D eigenvalue weighted by atomic mass is 35.5. The van der Waals surface area contributed by atoms with E-state index >= 15 is 0 Å². The van der Waals surface area contributed by atoms with Gasteiger partial charge in [-0.1, -0.05) is 397 Å². The molecule has 1 atom stereocenters. The highest BCUT2D eigenvalue weighted by Crippen LogP contribution is 2.59. The second kappa shape index (κ2) is 30.4. The standard InChI is InChI=1S/C45H29ClO.2C45H30O/c1-45(2)37-18-10-9-13-29(37)30-20-19-28(24-38(30)45)41-31-14-5-7-16-33(31)42(34-17-8-6-15-32(34)41)35-21-22-39-43(44(35)46)36-23-26-11-3-4-12-27(26)25-40(36)47-39;1-45(2)39-21-10-9-14-30(39)35-19-11-20-36(44(35)45)43-33-17-7-5-15-31(33)42(32-16-6-8-18-34(32)43)29-22-23-40-37(25-29)38-24-27-12-3-4-13-28(27)26-41(38)46-40;1-45(2)39-18-10-9-13-31(39)36-24-29(19-21-40(36)45)43-32-14-5-7-16-34(32)44(35-17-8-6-15-33(35)43)30-20-22-41-37(25-30)38-23-27-11-3-4-12-28(27)26-42(38)46-41/h3-25H,1-2H3;2*3-26H,1-2H3/i1D3,3D,4D,5D,6D,7D,8D,9D,10D,11D,12D,13D,14D,15D,16D,17D,18D,19D,20D,21D,22D,23D,24D,25D;1D3,2D3,3D,4D,5D,6D,7D,8D,9D,10D,11D,12D,13D,14D,15D,16D,17D,18D,19D,20D,21D,22D,23D,24D,25D,26D;3D,4D,5D,6D,7D,8D,9D,10D,11D,12D,13D,14D,15D,16D,17D,18D,19D,20D,21D,22D,23D,24D,25D,26D. The van der Waals surface area contributed by atoms with Crippen molar-refractivity contribution in [3.63, 3.8) is 0 Å². The Labute approximate surface area is 921 Å². The highest BCUT2D eigenvalue weighted by Gasteiger charge is 2.41. The summed E-state index contributed by atoms with van der Waals surface area (Å²) in [5.74, 6) is 0. The van der Waals surface area contributed by atoms with Crippen LogP contribution in [-0.4, -0.2) is 0 Å². The maximum Gasteiger partial charge on any atom is 0.136 e. The Bertz CT molecular complexity index is 14900. The fraction of sp³-hybridized carbons (Fsp3) is 0.0667. The number of hydrogen-bond acceptors (Lipinski definition) is 3. The topological polar surface area (TPSA) is 39.4 Å². The molecular weight excluding hydrogens is 1700 g/mol. The van der Waals surface area contributed by atoms with Gasteiger partial charge in [-0.2, -0.15) is 0 Å². The molecule has 0 saturated heterocycles. The molecular formula is C135H89ClO3. The molecule has 0 radical (unpaired) electrons. The molecule has 0 spiro atoms. The van der Waals surface area contributed by atoms with E-state index < -0.39 is 745 Å². The van der Waals surface area contributed by atoms with Gasteiger partial charge in [-0.25, -0.2) is 0 Å². The van der Waals surface area contributed by atoms with E-state index in [9.17, 15) is 43.9 Å². The predicted octanol–water partition coefficient (Wildman–Crippen LogP) is 38.7. The zero-order chi connectivity index (χ0) is 162. The Hall–Kier alpha value is -16.7. The molecule has 24 aromatic carbocycles. The van der Waals surface area contributed by atoms with Gasteiger partial charge in [0.05, 0.1) is 102 Å². The van der Waals surface area contributed by atoms with Crippen molar-refractivity contribution in [1.82, 2.24) is 0 Å². The van der Waals surface area contributed by atoms with Crippen molar-refractivity contribution in [1.29, 1.82) is 0 Å². The van der Waals surface area contributed by atoms with Crippen LogP contribution in [0.5, 0.6) is 0 Å². The summed E-state index contributed by atoms with van der Waals surface area (Å²) < 4.78 is 743. The van der Waals surface area contributed by atoms with E-state index in [0.717, 1.165) is 6.92 Å². The molecule has 27 aromatic rings. The van der Waals surface area contributed by atoms with Gasteiger partial charge < -0.3 is 13.3 Å². The van der Waals surface area contributed by atoms with Gasteiger partial charge in [-0.15, -0.1) is 0 Å². The van der Waals surface area contributed by atoms with Gasteiger partial charge in [0.15, 0.2) is 0 Å². The monoisotopic (exact) mass is 1870 g/mol. The fourth-order valence-electron chi connectivity index (χ4n) is 18.9. The summed E-state index contributed by atoms with van der Waals surface area (Å²) in [6.45, 7) is -7.13. The minimum atomic E-state index is -4.00. The van der Waals surface area contributed by atoms with Gasteiger partial charge in [0.25, 0.3) is 0 Å². The molecule has 0 saturated carbocycles. The summed E-state index contributed by atoms with van der Waals surface area (Å²) in [4.78, 5) is 0. The quantitative estimate of drug-likeness (QED) is 0.156. The average molecular weight is 1880 g/mol. The van der Waals surface area contributed by atoms with Crippen LogP contribution in [0.15, 0.2) is 442 Å². The van der Waals surface area contributed by atoms with E-state index in [1.54, 1.807) is 13.8 Å². The van der Waals surface area contributed by atoms with Crippen LogP contribution in [-0.2, 0) is 16.2 Å². The van der Waals surface area contributed by atoms with Gasteiger partial charge in [0.2, 0.25) is 0 Å². The van der Waals surface area contributed by atoms with Gasteiger partial charge in [0, 0.05) is 66.5 Å². The molecule has 3 heterocycles. The maximum atomic E-state index is 9.94. The first kappa shape index (κ1) is 34.2. The predicted molar refractivity (Wildman–Crippen MR) is 589 cm³/mol. The molecule has 0 amide bonds. The van der Waals surface area contributed by atoms with Crippen LogP contribution in [0, 0.1) is 0 Å². The Morgan fingerprint density at radius 3 is 0.935 bits per heavy atom. The zero-order valence-electron chi connectivity index (χ0n) is 151. The molecule has 3 aliphatic rings. The van der Waals surface area contributed by atoms with E-state index in [4.69, 9.17) is 90.6 Å². The second-order valence-corrected chi connectivity index (χ2v) is 33.3. The summed E-state index contributed by atoms with van der Waals surface area (Å²) in [6, 6.07) is -63.0. The Morgan fingerprint density at radius 1 is 0.194 bits per heavy atom. The van der Waals surface area contributed by atoms with Crippen molar-refractivity contribution in [2.45, 2.75) is 57.6 Å². The third-order valence-electron chi connectivity index (χ3n) is 25.0. The second-order valence-electron chi connectivity index (χ2n) is 33.0. The first-order valence-electron chi connectivity index (χ1n) is 81.9. The number of furan rings is 3. The van der Waals surface area contributed by atoms with Crippen LogP contribution >= 0.6 is 11.6 Å². The molecule has 0 fully saturated rings. The van der Waals surface area contributed by atoms with E-state index in [0.29, 0.717) is 0 Å². The largest absolute Gasteiger partial charge is 0.456 e. The lowest BCUT2D eigenvalue weighted by molar-refractivity contribution is 0.660. The van der Waals surface area contributed by atoms with Gasteiger partial charge >= 0.3 is 0 Å². The van der Waals surface area contributed by atoms with Crippen molar-refractivity contribution in [2.24, 2.45) is 0 Å². The summed E-state index contributed by atoms with van der Waals surface area (Å²) in [7, 11) is 0. The van der Waals surface area contributed by atoms with Crippen LogP contribution < -0.4 is 0 Å². The van der Waals surface area contributed by atoms with Crippen LogP contribution in [0.4, 0.5) is 0 Å². The Morgan fingerprint density at radius 2 is 0.482 bits per heavy atom. The molecule has 30 rings (SSSR count). The molecule has 3 aliphatic carbocycles. The third-order valence-corrected chi connectivity index (χ3v) is 25.4. The Balaban J connectivity index is 0.000000143. The summed E-state index contributed by atoms with van der Waals surface area (Å²) >= 11 is 7.32. The van der Waals surface area contributed by atoms with Crippen molar-refractivity contribution in [3.05, 3.63) is 467 Å². The first-order valence-corrected chi connectivity index (χ1v) is 42.3. The maximum absolute atomic E-state index is 9.94. The SMILES string of the molecule is [2H]c1c([2H])c([2H])c2c(c1[2H])-c1c([2H])c(-c3c4c([2H])c([2H])c([2H])c([2H])c4c(-c4c([2H])c([2H])c5oc6c([2H])c7c([2H])c([2H])c([2H])c([2H])c7c([2H])c6c5c4[2H])c4c([2H])c([2H])c([2H])c([2H])c34)c([2H])c([2H])c1C2(C)C.[2H]c1c([2H])c([2H])c2c(c1[2H])-c1c([2H])c([2H])c(-c3c4c([2H])c([2H])c([2H])c([2H])c4c(-c4c([2H])c([2H])c5oc6c([2H])c7c([2H])c([2H])c([2H])c([2H])c7c([2H])c6c5c4Cl)c4c([2H])c([2H])c([2H])c([2H])c34)c([2H])c1C2(C)C([2H])([2H])[2H].[2H]c1c([2H])c([2H])c2c(c1[2H])-c1c([2H])c([2H])c([2H])c(-c3c4c([2H])c([2H])c([2H])c([2H])c4c(-c4c([2H])c([2H])c5oc6c([2H])c7c([2H])c([2H])c([2H])c([2H])c7c([2H])c6c5c4[2H])c4c([2H])c([2H])c([2H])c([2H])c34)c1C2(C([2H])([2H])[2H])C([2H])([2H])[2H]. The lowest BCUT2D eigenvalue weighted by Gasteiger charge is -2.26. The molecule has 0 aliphatic heterocycles.